The second-order valence-corrected chi connectivity index (χ2v) is 9.52. The first-order valence-electron chi connectivity index (χ1n) is 10.5. The molecule has 1 aromatic heterocycles. The van der Waals surface area contributed by atoms with Crippen LogP contribution in [0.5, 0.6) is 11.5 Å². The Hall–Kier alpha value is -2.75. The molecule has 0 aliphatic heterocycles. The molecule has 1 aromatic carbocycles. The average Bonchev–Trinajstić information content (AvgIpc) is 3.11. The number of rotatable bonds is 6. The van der Waals surface area contributed by atoms with Crippen molar-refractivity contribution in [2.75, 3.05) is 14.2 Å². The zero-order valence-electron chi connectivity index (χ0n) is 17.5. The first-order chi connectivity index (χ1) is 14.9. The van der Waals surface area contributed by atoms with Crippen LogP contribution >= 0.6 is 12.2 Å². The van der Waals surface area contributed by atoms with Crippen LogP contribution in [-0.4, -0.2) is 40.2 Å². The molecule has 1 N–H and O–H groups in total. The Morgan fingerprint density at radius 2 is 1.77 bits per heavy atom. The number of nitrogens with zero attached hydrogens (tertiary/aromatic N) is 4. The molecule has 0 saturated heterocycles. The van der Waals surface area contributed by atoms with Gasteiger partial charge < -0.3 is 9.47 Å². The number of aromatic nitrogens is 3. The van der Waals surface area contributed by atoms with E-state index in [2.05, 4.69) is 15.3 Å². The van der Waals surface area contributed by atoms with Crippen molar-refractivity contribution in [2.45, 2.75) is 43.9 Å². The third kappa shape index (κ3) is 3.33. The molecule has 31 heavy (non-hydrogen) atoms. The number of hydrogen-bond acceptors (Lipinski definition) is 7. The highest BCUT2D eigenvalue weighted by Gasteiger charge is 2.53. The molecule has 4 saturated carbocycles. The van der Waals surface area contributed by atoms with Gasteiger partial charge in [-0.1, -0.05) is 0 Å². The molecule has 4 aliphatic rings. The van der Waals surface area contributed by atoms with Crippen LogP contribution in [-0.2, 0) is 5.41 Å². The number of ether oxygens (including phenoxy) is 2. The van der Waals surface area contributed by atoms with E-state index in [0.717, 1.165) is 42.8 Å². The molecule has 0 amide bonds. The minimum Gasteiger partial charge on any atom is -0.493 e. The standard InChI is InChI=1S/C21H25N5O4S/c1-29-17-6-15(16(26(27)28)7-18(17)30-2)11-22-25-19(23-24-20(25)31)21-8-12-3-13(9-21)5-14(4-12)10-21/h6-7,11-14H,3-5,8-10H2,1-2H3,(H,24,31)/b22-11+. The van der Waals surface area contributed by atoms with Crippen molar-refractivity contribution in [3.63, 3.8) is 0 Å². The van der Waals surface area contributed by atoms with Crippen molar-refractivity contribution in [1.29, 1.82) is 0 Å². The van der Waals surface area contributed by atoms with E-state index in [4.69, 9.17) is 21.7 Å². The van der Waals surface area contributed by atoms with Gasteiger partial charge in [-0.25, -0.2) is 0 Å². The topological polar surface area (TPSA) is 108 Å². The fraction of sp³-hybridized carbons (Fsp3) is 0.571. The van der Waals surface area contributed by atoms with Gasteiger partial charge in [-0.3, -0.25) is 15.2 Å². The molecule has 0 atom stereocenters. The summed E-state index contributed by atoms with van der Waals surface area (Å²) in [5, 5.41) is 23.7. The summed E-state index contributed by atoms with van der Waals surface area (Å²) in [6.45, 7) is 0. The lowest BCUT2D eigenvalue weighted by atomic mass is 9.49. The molecule has 6 rings (SSSR count). The van der Waals surface area contributed by atoms with Crippen LogP contribution < -0.4 is 9.47 Å². The highest BCUT2D eigenvalue weighted by Crippen LogP contribution is 2.60. The highest BCUT2D eigenvalue weighted by molar-refractivity contribution is 7.71. The second-order valence-electron chi connectivity index (χ2n) is 9.13. The Balaban J connectivity index is 1.55. The quantitative estimate of drug-likeness (QED) is 0.310. The SMILES string of the molecule is COc1cc(/C=N/n2c(C34CC5CC(CC(C5)C3)C4)n[nH]c2=S)c([N+](=O)[O-])cc1OC. The van der Waals surface area contributed by atoms with Crippen molar-refractivity contribution in [1.82, 2.24) is 14.9 Å². The van der Waals surface area contributed by atoms with Gasteiger partial charge in [-0.2, -0.15) is 14.9 Å². The summed E-state index contributed by atoms with van der Waals surface area (Å²) in [7, 11) is 2.93. The number of nitro benzene ring substituents is 1. The van der Waals surface area contributed by atoms with Gasteiger partial charge in [0.2, 0.25) is 4.77 Å². The van der Waals surface area contributed by atoms with Crippen LogP contribution in [0.3, 0.4) is 0 Å². The predicted molar refractivity (Wildman–Crippen MR) is 116 cm³/mol. The van der Waals surface area contributed by atoms with Crippen LogP contribution in [0.4, 0.5) is 5.69 Å². The van der Waals surface area contributed by atoms with E-state index < -0.39 is 4.92 Å². The lowest BCUT2D eigenvalue weighted by Crippen LogP contribution is -2.49. The summed E-state index contributed by atoms with van der Waals surface area (Å²) in [6.07, 6.45) is 8.78. The Labute approximate surface area is 184 Å². The zero-order chi connectivity index (χ0) is 21.8. The number of H-pyrrole nitrogens is 1. The average molecular weight is 444 g/mol. The summed E-state index contributed by atoms with van der Waals surface area (Å²) >= 11 is 5.47. The molecule has 0 spiro atoms. The van der Waals surface area contributed by atoms with Gasteiger partial charge in [0.1, 0.15) is 0 Å². The molecule has 2 aromatic rings. The van der Waals surface area contributed by atoms with E-state index in [-0.39, 0.29) is 11.1 Å². The first-order valence-corrected chi connectivity index (χ1v) is 11.0. The van der Waals surface area contributed by atoms with E-state index in [9.17, 15) is 10.1 Å². The minimum absolute atomic E-state index is 0.0107. The van der Waals surface area contributed by atoms with E-state index in [0.29, 0.717) is 21.8 Å². The number of methoxy groups -OCH3 is 2. The van der Waals surface area contributed by atoms with E-state index in [1.165, 1.54) is 45.8 Å². The minimum atomic E-state index is -0.460. The lowest BCUT2D eigenvalue weighted by molar-refractivity contribution is -0.385. The maximum absolute atomic E-state index is 11.6. The number of aromatic amines is 1. The smallest absolute Gasteiger partial charge is 0.282 e. The lowest BCUT2D eigenvalue weighted by Gasteiger charge is -2.55. The fourth-order valence-corrected chi connectivity index (χ4v) is 6.57. The summed E-state index contributed by atoms with van der Waals surface area (Å²) in [5.74, 6) is 3.80. The van der Waals surface area contributed by atoms with Crippen molar-refractivity contribution < 1.29 is 14.4 Å². The van der Waals surface area contributed by atoms with Gasteiger partial charge in [-0.15, -0.1) is 0 Å². The van der Waals surface area contributed by atoms with Crippen LogP contribution in [0.2, 0.25) is 0 Å². The van der Waals surface area contributed by atoms with Crippen molar-refractivity contribution in [2.24, 2.45) is 22.9 Å². The normalized spacial score (nSPS) is 28.9. The van der Waals surface area contributed by atoms with Crippen LogP contribution in [0.25, 0.3) is 0 Å². The third-order valence-electron chi connectivity index (χ3n) is 7.20. The maximum Gasteiger partial charge on any atom is 0.282 e. The summed E-state index contributed by atoms with van der Waals surface area (Å²) in [5.41, 5.74) is 0.179. The molecule has 0 radical (unpaired) electrons. The molecule has 4 fully saturated rings. The summed E-state index contributed by atoms with van der Waals surface area (Å²) < 4.78 is 12.6. The van der Waals surface area contributed by atoms with E-state index in [1.54, 1.807) is 10.7 Å². The second kappa shape index (κ2) is 7.44. The van der Waals surface area contributed by atoms with Crippen molar-refractivity contribution in [3.8, 4) is 11.5 Å². The van der Waals surface area contributed by atoms with Gasteiger partial charge >= 0.3 is 0 Å². The Kier molecular flexibility index (Phi) is 4.84. The molecule has 0 unspecified atom stereocenters. The zero-order valence-corrected chi connectivity index (χ0v) is 18.4. The van der Waals surface area contributed by atoms with Gasteiger partial charge in [-0.05, 0) is 74.6 Å². The van der Waals surface area contributed by atoms with Crippen LogP contribution in [0, 0.1) is 32.6 Å². The molecule has 4 bridgehead atoms. The summed E-state index contributed by atoms with van der Waals surface area (Å²) in [6, 6.07) is 2.89. The number of hydrogen-bond donors (Lipinski definition) is 1. The van der Waals surface area contributed by atoms with Crippen molar-refractivity contribution in [3.05, 3.63) is 38.4 Å². The van der Waals surface area contributed by atoms with Gasteiger partial charge in [0.05, 0.1) is 37.0 Å². The maximum atomic E-state index is 11.6. The molecule has 9 nitrogen and oxygen atoms in total. The largest absolute Gasteiger partial charge is 0.493 e. The van der Waals surface area contributed by atoms with Gasteiger partial charge in [0.25, 0.3) is 5.69 Å². The monoisotopic (exact) mass is 443 g/mol. The van der Waals surface area contributed by atoms with E-state index in [1.807, 2.05) is 0 Å². The Bertz CT molecular complexity index is 1090. The molecule has 1 heterocycles. The van der Waals surface area contributed by atoms with Crippen LogP contribution in [0.1, 0.15) is 49.9 Å². The highest BCUT2D eigenvalue weighted by atomic mass is 32.1. The molecule has 164 valence electrons. The summed E-state index contributed by atoms with van der Waals surface area (Å²) in [4.78, 5) is 11.2. The van der Waals surface area contributed by atoms with Gasteiger partial charge in [0, 0.05) is 5.41 Å². The Morgan fingerprint density at radius 3 is 2.32 bits per heavy atom. The molecule has 4 aliphatic carbocycles. The van der Waals surface area contributed by atoms with Crippen LogP contribution in [0.15, 0.2) is 17.2 Å². The number of benzene rings is 1. The predicted octanol–water partition coefficient (Wildman–Crippen LogP) is 4.22. The van der Waals surface area contributed by atoms with E-state index >= 15 is 0 Å². The third-order valence-corrected chi connectivity index (χ3v) is 7.47. The molecule has 10 heteroatoms. The molecular weight excluding hydrogens is 418 g/mol. The molecular formula is C21H25N5O4S. The van der Waals surface area contributed by atoms with Gasteiger partial charge in [0.15, 0.2) is 17.3 Å². The Morgan fingerprint density at radius 1 is 1.19 bits per heavy atom. The number of nitro groups is 1. The fourth-order valence-electron chi connectivity index (χ4n) is 6.39. The van der Waals surface area contributed by atoms with Crippen molar-refractivity contribution >= 4 is 24.1 Å². The first kappa shape index (κ1) is 20.2. The number of nitrogens with one attached hydrogen (secondary N) is 1.